The summed E-state index contributed by atoms with van der Waals surface area (Å²) in [6, 6.07) is 0. The predicted octanol–water partition coefficient (Wildman–Crippen LogP) is 6.71. The standard InChI is InChI=1S/C32H42FN3O4/c1-6-27(17-16-25(3)33)22-34-19-10-13-29(18-20-35-26(4)12-8-9-15-31(37)38)32(39)36-23-30(24-36)28(7-2)14-11-21-40-5/h6-7,10-11,13-14,16-20,22,30H,1,8-9,12,15,21,23-24H2,2-5H3,(H,37,38)/b14-11-,19-10+,20-18+,25-16+,27-17+,28-7+,29-13+,34-22+,35-26?. The number of halogens is 1. The lowest BCUT2D eigenvalue weighted by Gasteiger charge is -2.40. The molecule has 7 nitrogen and oxygen atoms in total. The van der Waals surface area contributed by atoms with Crippen molar-refractivity contribution in [1.82, 2.24) is 4.90 Å². The first-order chi connectivity index (χ1) is 19.2. The van der Waals surface area contributed by atoms with E-state index in [4.69, 9.17) is 9.84 Å². The van der Waals surface area contributed by atoms with Crippen LogP contribution in [-0.2, 0) is 14.3 Å². The Bertz CT molecular complexity index is 1130. The van der Waals surface area contributed by atoms with E-state index < -0.39 is 5.97 Å². The van der Waals surface area contributed by atoms with Gasteiger partial charge in [0.25, 0.3) is 5.91 Å². The number of aliphatic imine (C=N–C) groups is 2. The Morgan fingerprint density at radius 1 is 1.10 bits per heavy atom. The van der Waals surface area contributed by atoms with Crippen LogP contribution in [0.15, 0.2) is 106 Å². The van der Waals surface area contributed by atoms with Crippen LogP contribution in [0.5, 0.6) is 0 Å². The van der Waals surface area contributed by atoms with Crippen LogP contribution in [-0.4, -0.2) is 60.6 Å². The number of ether oxygens (including phenoxy) is 1. The number of hydrogen-bond donors (Lipinski definition) is 1. The van der Waals surface area contributed by atoms with Crippen LogP contribution < -0.4 is 0 Å². The Morgan fingerprint density at radius 2 is 1.82 bits per heavy atom. The molecule has 0 aromatic carbocycles. The van der Waals surface area contributed by atoms with Crippen molar-refractivity contribution in [2.45, 2.75) is 46.5 Å². The van der Waals surface area contributed by atoms with Crippen molar-refractivity contribution >= 4 is 23.8 Å². The lowest BCUT2D eigenvalue weighted by molar-refractivity contribution is -0.137. The first-order valence-corrected chi connectivity index (χ1v) is 13.3. The van der Waals surface area contributed by atoms with Crippen molar-refractivity contribution in [3.63, 3.8) is 0 Å². The summed E-state index contributed by atoms with van der Waals surface area (Å²) >= 11 is 0. The van der Waals surface area contributed by atoms with E-state index in [0.717, 1.165) is 12.1 Å². The van der Waals surface area contributed by atoms with Gasteiger partial charge in [0, 0.05) is 62.4 Å². The molecular formula is C32H42FN3O4. The van der Waals surface area contributed by atoms with Crippen LogP contribution >= 0.6 is 0 Å². The monoisotopic (exact) mass is 551 g/mol. The summed E-state index contributed by atoms with van der Waals surface area (Å²) < 4.78 is 18.0. The Balaban J connectivity index is 2.98. The van der Waals surface area contributed by atoms with Gasteiger partial charge in [0.15, 0.2) is 0 Å². The third kappa shape index (κ3) is 14.3. The largest absolute Gasteiger partial charge is 0.481 e. The number of likely N-dealkylation sites (tertiary alicyclic amines) is 1. The summed E-state index contributed by atoms with van der Waals surface area (Å²) in [5.41, 5.74) is 3.13. The topological polar surface area (TPSA) is 91.6 Å². The van der Waals surface area contributed by atoms with E-state index in [1.165, 1.54) is 18.6 Å². The molecule has 1 aliphatic rings. The number of hydrogen-bond acceptors (Lipinski definition) is 5. The van der Waals surface area contributed by atoms with Gasteiger partial charge in [-0.05, 0) is 75.5 Å². The van der Waals surface area contributed by atoms with Crippen LogP contribution in [0.25, 0.3) is 0 Å². The molecule has 0 bridgehead atoms. The number of carbonyl (C=O) groups excluding carboxylic acids is 1. The number of amides is 1. The quantitative estimate of drug-likeness (QED) is 0.0941. The maximum Gasteiger partial charge on any atom is 0.303 e. The molecule has 1 N–H and O–H groups in total. The van der Waals surface area contributed by atoms with Crippen molar-refractivity contribution < 1.29 is 23.8 Å². The number of carbonyl (C=O) groups is 2. The summed E-state index contributed by atoms with van der Waals surface area (Å²) in [7, 11) is 1.65. The molecular weight excluding hydrogens is 509 g/mol. The van der Waals surface area contributed by atoms with E-state index in [0.29, 0.717) is 43.7 Å². The van der Waals surface area contributed by atoms with Gasteiger partial charge < -0.3 is 14.7 Å². The predicted molar refractivity (Wildman–Crippen MR) is 162 cm³/mol. The van der Waals surface area contributed by atoms with Crippen LogP contribution in [0.2, 0.25) is 0 Å². The Morgan fingerprint density at radius 3 is 2.45 bits per heavy atom. The zero-order valence-electron chi connectivity index (χ0n) is 24.1. The normalized spacial score (nSPS) is 16.6. The highest BCUT2D eigenvalue weighted by Crippen LogP contribution is 2.26. The molecule has 0 aliphatic carbocycles. The number of unbranched alkanes of at least 4 members (excludes halogenated alkanes) is 1. The van der Waals surface area contributed by atoms with Crippen LogP contribution in [0, 0.1) is 5.92 Å². The Labute approximate surface area is 237 Å². The van der Waals surface area contributed by atoms with Gasteiger partial charge in [-0.3, -0.25) is 19.6 Å². The van der Waals surface area contributed by atoms with E-state index in [2.05, 4.69) is 22.6 Å². The fourth-order valence-electron chi connectivity index (χ4n) is 3.65. The van der Waals surface area contributed by atoms with Gasteiger partial charge in [-0.25, -0.2) is 4.39 Å². The van der Waals surface area contributed by atoms with E-state index in [1.807, 2.05) is 26.0 Å². The minimum absolute atomic E-state index is 0.109. The summed E-state index contributed by atoms with van der Waals surface area (Å²) in [5, 5.41) is 8.77. The fourth-order valence-corrected chi connectivity index (χ4v) is 3.65. The molecule has 0 spiro atoms. The van der Waals surface area contributed by atoms with E-state index in [-0.39, 0.29) is 24.1 Å². The van der Waals surface area contributed by atoms with Crippen molar-refractivity contribution in [2.75, 3.05) is 26.8 Å². The second-order valence-electron chi connectivity index (χ2n) is 9.20. The molecule has 8 heteroatoms. The molecule has 40 heavy (non-hydrogen) atoms. The minimum Gasteiger partial charge on any atom is -0.481 e. The number of rotatable bonds is 17. The maximum absolute atomic E-state index is 13.3. The number of carboxylic acids is 1. The van der Waals surface area contributed by atoms with Crippen LogP contribution in [0.1, 0.15) is 46.5 Å². The Kier molecular flexibility index (Phi) is 17.1. The summed E-state index contributed by atoms with van der Waals surface area (Å²) in [6.07, 6.45) is 22.4. The van der Waals surface area contributed by atoms with Gasteiger partial charge >= 0.3 is 5.97 Å². The van der Waals surface area contributed by atoms with Crippen LogP contribution in [0.3, 0.4) is 0 Å². The SMILES string of the molecule is C=CC(/C=N/C=C/C=C(\C=C\N=C(C)CCCCC(=O)O)C(=O)N1CC(C(/C=C\COC)=C/C)C1)=C\C=C(/C)F. The van der Waals surface area contributed by atoms with Gasteiger partial charge in [-0.15, -0.1) is 0 Å². The van der Waals surface area contributed by atoms with E-state index >= 15 is 0 Å². The molecule has 1 amide bonds. The maximum atomic E-state index is 13.3. The number of nitrogens with zero attached hydrogens (tertiary/aromatic N) is 3. The molecule has 0 aromatic rings. The summed E-state index contributed by atoms with van der Waals surface area (Å²) in [5.74, 6) is -0.962. The minimum atomic E-state index is -0.801. The van der Waals surface area contributed by atoms with Gasteiger partial charge in [0.2, 0.25) is 0 Å². The summed E-state index contributed by atoms with van der Waals surface area (Å²) in [4.78, 5) is 34.3. The molecule has 0 unspecified atom stereocenters. The second kappa shape index (κ2) is 20.1. The molecule has 0 atom stereocenters. The average molecular weight is 552 g/mol. The third-order valence-electron chi connectivity index (χ3n) is 5.93. The highest BCUT2D eigenvalue weighted by atomic mass is 19.1. The lowest BCUT2D eigenvalue weighted by Crippen LogP contribution is -2.50. The van der Waals surface area contributed by atoms with Crippen molar-refractivity contribution in [2.24, 2.45) is 15.9 Å². The highest BCUT2D eigenvalue weighted by molar-refractivity contribution is 5.97. The van der Waals surface area contributed by atoms with Gasteiger partial charge in [-0.1, -0.05) is 37.0 Å². The zero-order chi connectivity index (χ0) is 29.8. The first-order valence-electron chi connectivity index (χ1n) is 13.3. The molecule has 1 rings (SSSR count). The average Bonchev–Trinajstić information content (AvgIpc) is 2.89. The molecule has 216 valence electrons. The highest BCUT2D eigenvalue weighted by Gasteiger charge is 2.32. The number of carboxylic acid groups (broad SMARTS) is 1. The Hall–Kier alpha value is -3.91. The van der Waals surface area contributed by atoms with Gasteiger partial charge in [-0.2, -0.15) is 0 Å². The lowest BCUT2D eigenvalue weighted by atomic mass is 9.90. The smallest absolute Gasteiger partial charge is 0.303 e. The summed E-state index contributed by atoms with van der Waals surface area (Å²) in [6.45, 7) is 10.7. The van der Waals surface area contributed by atoms with Crippen molar-refractivity contribution in [3.05, 3.63) is 96.2 Å². The van der Waals surface area contributed by atoms with Gasteiger partial charge in [0.1, 0.15) is 0 Å². The molecule has 0 radical (unpaired) electrons. The fraction of sp³-hybridized carbons (Fsp3) is 0.375. The molecule has 1 heterocycles. The van der Waals surface area contributed by atoms with Gasteiger partial charge in [0.05, 0.1) is 12.4 Å². The van der Waals surface area contributed by atoms with Crippen molar-refractivity contribution in [3.8, 4) is 0 Å². The number of aliphatic carboxylic acids is 1. The number of methoxy groups -OCH3 is 1. The van der Waals surface area contributed by atoms with Crippen molar-refractivity contribution in [1.29, 1.82) is 0 Å². The zero-order valence-corrected chi connectivity index (χ0v) is 24.1. The van der Waals surface area contributed by atoms with E-state index in [1.54, 1.807) is 61.0 Å². The van der Waals surface area contributed by atoms with Crippen LogP contribution in [0.4, 0.5) is 4.39 Å². The molecule has 0 saturated carbocycles. The first kappa shape index (κ1) is 34.1. The molecule has 1 saturated heterocycles. The molecule has 1 aliphatic heterocycles. The third-order valence-corrected chi connectivity index (χ3v) is 5.93. The molecule has 0 aromatic heterocycles. The second-order valence-corrected chi connectivity index (χ2v) is 9.20. The molecule has 1 fully saturated rings. The van der Waals surface area contributed by atoms with E-state index in [9.17, 15) is 14.0 Å². The number of allylic oxidation sites excluding steroid dienone is 9.